The molecule has 0 aliphatic carbocycles. The van der Waals surface area contributed by atoms with Crippen LogP contribution in [0.1, 0.15) is 11.3 Å². The third-order valence-electron chi connectivity index (χ3n) is 2.72. The Morgan fingerprint density at radius 1 is 1.32 bits per heavy atom. The highest BCUT2D eigenvalue weighted by atomic mass is 16.5. The van der Waals surface area contributed by atoms with Crippen molar-refractivity contribution in [2.75, 3.05) is 7.11 Å². The van der Waals surface area contributed by atoms with Gasteiger partial charge in [-0.05, 0) is 17.7 Å². The number of aromatic amines is 1. The van der Waals surface area contributed by atoms with Crippen molar-refractivity contribution in [2.45, 2.75) is 0 Å². The molecule has 0 spiro atoms. The van der Waals surface area contributed by atoms with Gasteiger partial charge in [0.15, 0.2) is 5.75 Å². The van der Waals surface area contributed by atoms with Gasteiger partial charge in [-0.25, -0.2) is 5.10 Å². The summed E-state index contributed by atoms with van der Waals surface area (Å²) in [6, 6.07) is 1.78. The Bertz CT molecular complexity index is 689. The maximum absolute atomic E-state index is 11.7. The zero-order chi connectivity index (χ0) is 13.8. The lowest BCUT2D eigenvalue weighted by molar-refractivity contribution is 0.408. The van der Waals surface area contributed by atoms with E-state index in [0.29, 0.717) is 11.3 Å². The summed E-state index contributed by atoms with van der Waals surface area (Å²) in [5, 5.41) is 6.14. The number of nitrogens with zero attached hydrogens (tertiary/aromatic N) is 2. The molecule has 2 rings (SSSR count). The molecule has 0 radical (unpaired) electrons. The van der Waals surface area contributed by atoms with Crippen LogP contribution in [-0.2, 0) is 0 Å². The molecule has 2 aromatic heterocycles. The molecule has 0 aromatic carbocycles. The van der Waals surface area contributed by atoms with Crippen molar-refractivity contribution in [3.8, 4) is 16.9 Å². The fourth-order valence-electron chi connectivity index (χ4n) is 1.88. The molecule has 0 atom stereocenters. The summed E-state index contributed by atoms with van der Waals surface area (Å²) < 4.78 is 5.14. The van der Waals surface area contributed by atoms with E-state index >= 15 is 0 Å². The minimum Gasteiger partial charge on any atom is -0.491 e. The summed E-state index contributed by atoms with van der Waals surface area (Å²) in [5.74, 6) is 0.208. The minimum absolute atomic E-state index is 0.208. The number of aromatic nitrogens is 3. The molecule has 2 heterocycles. The number of pyridine rings is 1. The molecule has 2 aromatic rings. The normalized spacial score (nSPS) is 9.95. The van der Waals surface area contributed by atoms with Gasteiger partial charge in [-0.1, -0.05) is 19.2 Å². The SMILES string of the molecule is C=Cc1nccc(-c2cn[nH]c(=O)c2OC)c1C=C. The zero-order valence-corrected chi connectivity index (χ0v) is 10.5. The van der Waals surface area contributed by atoms with Crippen LogP contribution in [0.2, 0.25) is 0 Å². The van der Waals surface area contributed by atoms with Gasteiger partial charge in [0, 0.05) is 11.8 Å². The average Bonchev–Trinajstić information content (AvgIpc) is 2.45. The molecule has 0 saturated carbocycles. The van der Waals surface area contributed by atoms with E-state index in [1.807, 2.05) is 0 Å². The van der Waals surface area contributed by atoms with Gasteiger partial charge in [-0.3, -0.25) is 9.78 Å². The molecular formula is C14H13N3O2. The zero-order valence-electron chi connectivity index (χ0n) is 10.5. The van der Waals surface area contributed by atoms with Crippen molar-refractivity contribution in [3.63, 3.8) is 0 Å². The summed E-state index contributed by atoms with van der Waals surface area (Å²) in [5.41, 5.74) is 2.45. The molecule has 96 valence electrons. The second kappa shape index (κ2) is 5.30. The lowest BCUT2D eigenvalue weighted by Gasteiger charge is -2.11. The second-order valence-corrected chi connectivity index (χ2v) is 3.71. The molecule has 0 fully saturated rings. The van der Waals surface area contributed by atoms with Crippen molar-refractivity contribution >= 4 is 12.2 Å². The quantitative estimate of drug-likeness (QED) is 0.908. The fraction of sp³-hybridized carbons (Fsp3) is 0.0714. The highest BCUT2D eigenvalue weighted by Crippen LogP contribution is 2.30. The molecule has 5 nitrogen and oxygen atoms in total. The maximum atomic E-state index is 11.7. The van der Waals surface area contributed by atoms with Gasteiger partial charge >= 0.3 is 5.56 Å². The van der Waals surface area contributed by atoms with Crippen LogP contribution in [-0.4, -0.2) is 22.3 Å². The van der Waals surface area contributed by atoms with E-state index in [-0.39, 0.29) is 11.3 Å². The molecule has 0 bridgehead atoms. The summed E-state index contributed by atoms with van der Waals surface area (Å²) in [4.78, 5) is 15.9. The van der Waals surface area contributed by atoms with E-state index in [0.717, 1.165) is 11.1 Å². The molecule has 5 heteroatoms. The summed E-state index contributed by atoms with van der Waals surface area (Å²) >= 11 is 0. The van der Waals surface area contributed by atoms with Gasteiger partial charge in [0.25, 0.3) is 0 Å². The van der Waals surface area contributed by atoms with Gasteiger partial charge in [0.2, 0.25) is 0 Å². The molecular weight excluding hydrogens is 242 g/mol. The van der Waals surface area contributed by atoms with Crippen molar-refractivity contribution in [1.29, 1.82) is 0 Å². The predicted molar refractivity (Wildman–Crippen MR) is 74.8 cm³/mol. The highest BCUT2D eigenvalue weighted by Gasteiger charge is 2.14. The average molecular weight is 255 g/mol. The molecule has 19 heavy (non-hydrogen) atoms. The Labute approximate surface area is 110 Å². The smallest absolute Gasteiger partial charge is 0.307 e. The van der Waals surface area contributed by atoms with Crippen LogP contribution in [0.15, 0.2) is 36.4 Å². The third-order valence-corrected chi connectivity index (χ3v) is 2.72. The summed E-state index contributed by atoms with van der Waals surface area (Å²) in [6.07, 6.45) is 6.48. The van der Waals surface area contributed by atoms with E-state index in [1.165, 1.54) is 13.3 Å². The number of nitrogens with one attached hydrogen (secondary N) is 1. The summed E-state index contributed by atoms with van der Waals surface area (Å²) in [6.45, 7) is 7.48. The van der Waals surface area contributed by atoms with E-state index in [9.17, 15) is 4.79 Å². The van der Waals surface area contributed by atoms with E-state index in [1.54, 1.807) is 24.4 Å². The van der Waals surface area contributed by atoms with E-state index < -0.39 is 0 Å². The second-order valence-electron chi connectivity index (χ2n) is 3.71. The Kier molecular flexibility index (Phi) is 3.56. The number of rotatable bonds is 4. The van der Waals surface area contributed by atoms with E-state index in [4.69, 9.17) is 4.74 Å². The van der Waals surface area contributed by atoms with Crippen molar-refractivity contribution < 1.29 is 4.74 Å². The fourth-order valence-corrected chi connectivity index (χ4v) is 1.88. The van der Waals surface area contributed by atoms with Crippen LogP contribution in [0.4, 0.5) is 0 Å². The lowest BCUT2D eigenvalue weighted by Crippen LogP contribution is -2.12. The van der Waals surface area contributed by atoms with Crippen LogP contribution >= 0.6 is 0 Å². The number of ether oxygens (including phenoxy) is 1. The van der Waals surface area contributed by atoms with Gasteiger partial charge in [-0.2, -0.15) is 5.10 Å². The van der Waals surface area contributed by atoms with Crippen LogP contribution in [0.25, 0.3) is 23.3 Å². The highest BCUT2D eigenvalue weighted by molar-refractivity contribution is 5.81. The number of methoxy groups -OCH3 is 1. The topological polar surface area (TPSA) is 67.9 Å². The number of hydrogen-bond donors (Lipinski definition) is 1. The molecule has 1 N–H and O–H groups in total. The number of H-pyrrole nitrogens is 1. The Morgan fingerprint density at radius 3 is 2.74 bits per heavy atom. The first kappa shape index (κ1) is 12.8. The van der Waals surface area contributed by atoms with Crippen molar-refractivity contribution in [2.24, 2.45) is 0 Å². The molecule has 0 aliphatic rings. The first-order valence-corrected chi connectivity index (χ1v) is 5.58. The Balaban J connectivity index is 2.79. The van der Waals surface area contributed by atoms with Gasteiger partial charge < -0.3 is 4.74 Å². The van der Waals surface area contributed by atoms with Gasteiger partial charge in [0.05, 0.1) is 24.6 Å². The third kappa shape index (κ3) is 2.18. The van der Waals surface area contributed by atoms with Crippen molar-refractivity contribution in [1.82, 2.24) is 15.2 Å². The first-order valence-electron chi connectivity index (χ1n) is 5.58. The van der Waals surface area contributed by atoms with Crippen LogP contribution < -0.4 is 10.3 Å². The Hall–Kier alpha value is -2.69. The van der Waals surface area contributed by atoms with Crippen LogP contribution in [0.5, 0.6) is 5.75 Å². The molecule has 0 amide bonds. The van der Waals surface area contributed by atoms with Gasteiger partial charge in [0.1, 0.15) is 0 Å². The molecule has 0 aliphatic heterocycles. The van der Waals surface area contributed by atoms with Crippen LogP contribution in [0, 0.1) is 0 Å². The maximum Gasteiger partial charge on any atom is 0.307 e. The first-order chi connectivity index (χ1) is 9.22. The van der Waals surface area contributed by atoms with Gasteiger partial charge in [-0.15, -0.1) is 0 Å². The molecule has 0 unspecified atom stereocenters. The monoisotopic (exact) mass is 255 g/mol. The largest absolute Gasteiger partial charge is 0.491 e. The Morgan fingerprint density at radius 2 is 2.11 bits per heavy atom. The number of hydrogen-bond acceptors (Lipinski definition) is 4. The minimum atomic E-state index is -0.382. The van der Waals surface area contributed by atoms with E-state index in [2.05, 4.69) is 28.3 Å². The standard InChI is InChI=1S/C14H13N3O2/c1-4-9-10(6-7-15-12(9)5-2)11-8-16-17-14(18)13(11)19-3/h4-8H,1-2H2,3H3,(H,17,18). The van der Waals surface area contributed by atoms with Crippen molar-refractivity contribution in [3.05, 3.63) is 53.2 Å². The lowest BCUT2D eigenvalue weighted by atomic mass is 10.00. The van der Waals surface area contributed by atoms with Crippen LogP contribution in [0.3, 0.4) is 0 Å². The predicted octanol–water partition coefficient (Wildman–Crippen LogP) is 2.13. The summed E-state index contributed by atoms with van der Waals surface area (Å²) in [7, 11) is 1.44. The molecule has 0 saturated heterocycles.